The van der Waals surface area contributed by atoms with E-state index in [4.69, 9.17) is 0 Å². The number of benzene rings is 2. The van der Waals surface area contributed by atoms with E-state index in [1.54, 1.807) is 6.07 Å². The molecule has 0 aliphatic carbocycles. The van der Waals surface area contributed by atoms with Gasteiger partial charge in [0.15, 0.2) is 5.78 Å². The normalized spacial score (nSPS) is 10.4. The van der Waals surface area contributed by atoms with Crippen molar-refractivity contribution in [2.45, 2.75) is 20.8 Å². The highest BCUT2D eigenvalue weighted by Crippen LogP contribution is 2.27. The van der Waals surface area contributed by atoms with Crippen LogP contribution in [0.15, 0.2) is 36.4 Å². The molecule has 0 spiro atoms. The third-order valence-electron chi connectivity index (χ3n) is 3.18. The zero-order valence-corrected chi connectivity index (χ0v) is 10.8. The highest BCUT2D eigenvalue weighted by atomic mass is 19.1. The Bertz CT molecular complexity index is 614. The molecule has 0 amide bonds. The van der Waals surface area contributed by atoms with Crippen LogP contribution in [-0.2, 0) is 0 Å². The molecule has 0 atom stereocenters. The number of ketones is 1. The summed E-state index contributed by atoms with van der Waals surface area (Å²) in [5, 5.41) is 0. The van der Waals surface area contributed by atoms with Gasteiger partial charge in [-0.1, -0.05) is 18.2 Å². The smallest absolute Gasteiger partial charge is 0.160 e. The van der Waals surface area contributed by atoms with Gasteiger partial charge in [-0.3, -0.25) is 4.79 Å². The molecule has 0 saturated carbocycles. The van der Waals surface area contributed by atoms with E-state index in [0.717, 1.165) is 11.1 Å². The molecule has 0 aromatic heterocycles. The molecule has 0 heterocycles. The summed E-state index contributed by atoms with van der Waals surface area (Å²) in [4.78, 5) is 11.6. The lowest BCUT2D eigenvalue weighted by atomic mass is 9.95. The standard InChI is InChI=1S/C16H15FO/c1-10-4-5-13(8-11(10)2)16-9-14(17)6-7-15(16)12(3)18/h4-9H,1-3H3. The van der Waals surface area contributed by atoms with Gasteiger partial charge >= 0.3 is 0 Å². The molecule has 2 heteroatoms. The van der Waals surface area contributed by atoms with Gasteiger partial charge < -0.3 is 0 Å². The second-order valence-electron chi connectivity index (χ2n) is 4.55. The monoisotopic (exact) mass is 242 g/mol. The van der Waals surface area contributed by atoms with Crippen LogP contribution in [0.4, 0.5) is 4.39 Å². The van der Waals surface area contributed by atoms with Crippen LogP contribution in [0.25, 0.3) is 11.1 Å². The molecule has 18 heavy (non-hydrogen) atoms. The van der Waals surface area contributed by atoms with Crippen molar-refractivity contribution in [2.75, 3.05) is 0 Å². The Balaban J connectivity index is 2.65. The van der Waals surface area contributed by atoms with E-state index in [1.165, 1.54) is 24.6 Å². The Hall–Kier alpha value is -1.96. The summed E-state index contributed by atoms with van der Waals surface area (Å²) >= 11 is 0. The average molecular weight is 242 g/mol. The molecule has 0 fully saturated rings. The van der Waals surface area contributed by atoms with Crippen molar-refractivity contribution in [1.29, 1.82) is 0 Å². The van der Waals surface area contributed by atoms with Gasteiger partial charge in [-0.15, -0.1) is 0 Å². The first kappa shape index (κ1) is 12.5. The number of Topliss-reactive ketones (excluding diaryl/α,β-unsaturated/α-hetero) is 1. The van der Waals surface area contributed by atoms with E-state index >= 15 is 0 Å². The molecule has 0 aliphatic heterocycles. The largest absolute Gasteiger partial charge is 0.294 e. The molecule has 2 aromatic rings. The number of rotatable bonds is 2. The van der Waals surface area contributed by atoms with Crippen LogP contribution < -0.4 is 0 Å². The van der Waals surface area contributed by atoms with Crippen molar-refractivity contribution >= 4 is 5.78 Å². The van der Waals surface area contributed by atoms with Crippen LogP contribution in [0.3, 0.4) is 0 Å². The molecule has 1 nitrogen and oxygen atoms in total. The molecule has 92 valence electrons. The fourth-order valence-corrected chi connectivity index (χ4v) is 1.97. The summed E-state index contributed by atoms with van der Waals surface area (Å²) in [5.74, 6) is -0.378. The van der Waals surface area contributed by atoms with Crippen molar-refractivity contribution in [1.82, 2.24) is 0 Å². The average Bonchev–Trinajstić information content (AvgIpc) is 2.32. The lowest BCUT2D eigenvalue weighted by Crippen LogP contribution is -1.97. The molecular formula is C16H15FO. The minimum Gasteiger partial charge on any atom is -0.294 e. The highest BCUT2D eigenvalue weighted by molar-refractivity contribution is 6.00. The Kier molecular flexibility index (Phi) is 3.28. The second kappa shape index (κ2) is 4.73. The minimum absolute atomic E-state index is 0.0526. The third kappa shape index (κ3) is 2.33. The summed E-state index contributed by atoms with van der Waals surface area (Å²) in [7, 11) is 0. The fraction of sp³-hybridized carbons (Fsp3) is 0.188. The first-order valence-corrected chi connectivity index (χ1v) is 5.87. The minimum atomic E-state index is -0.326. The lowest BCUT2D eigenvalue weighted by molar-refractivity contribution is 0.101. The van der Waals surface area contributed by atoms with Gasteiger partial charge in [-0.05, 0) is 61.2 Å². The van der Waals surface area contributed by atoms with E-state index < -0.39 is 0 Å². The van der Waals surface area contributed by atoms with Gasteiger partial charge in [0.2, 0.25) is 0 Å². The number of hydrogen-bond donors (Lipinski definition) is 0. The van der Waals surface area contributed by atoms with Crippen molar-refractivity contribution in [3.8, 4) is 11.1 Å². The molecule has 2 rings (SSSR count). The Morgan fingerprint density at radius 2 is 1.72 bits per heavy atom. The molecule has 2 aromatic carbocycles. The predicted octanol–water partition coefficient (Wildman–Crippen LogP) is 4.31. The van der Waals surface area contributed by atoms with Gasteiger partial charge in [-0.25, -0.2) is 4.39 Å². The molecule has 0 saturated heterocycles. The lowest BCUT2D eigenvalue weighted by Gasteiger charge is -2.09. The Labute approximate surface area is 106 Å². The van der Waals surface area contributed by atoms with Crippen molar-refractivity contribution < 1.29 is 9.18 Å². The summed E-state index contributed by atoms with van der Waals surface area (Å²) in [6.07, 6.45) is 0. The van der Waals surface area contributed by atoms with Crippen LogP contribution in [0.1, 0.15) is 28.4 Å². The van der Waals surface area contributed by atoms with E-state index in [0.29, 0.717) is 11.1 Å². The molecule has 0 radical (unpaired) electrons. The topological polar surface area (TPSA) is 17.1 Å². The van der Waals surface area contributed by atoms with Crippen molar-refractivity contribution in [2.24, 2.45) is 0 Å². The van der Waals surface area contributed by atoms with Crippen LogP contribution in [0, 0.1) is 19.7 Å². The van der Waals surface area contributed by atoms with Gasteiger partial charge in [0.05, 0.1) is 0 Å². The fourth-order valence-electron chi connectivity index (χ4n) is 1.97. The number of carbonyl (C=O) groups is 1. The predicted molar refractivity (Wildman–Crippen MR) is 71.3 cm³/mol. The van der Waals surface area contributed by atoms with Gasteiger partial charge in [0, 0.05) is 5.56 Å². The highest BCUT2D eigenvalue weighted by Gasteiger charge is 2.10. The van der Waals surface area contributed by atoms with Crippen LogP contribution in [0.2, 0.25) is 0 Å². The maximum atomic E-state index is 13.4. The van der Waals surface area contributed by atoms with Crippen LogP contribution in [0.5, 0.6) is 0 Å². The molecule has 0 bridgehead atoms. The summed E-state index contributed by atoms with van der Waals surface area (Å²) < 4.78 is 13.4. The van der Waals surface area contributed by atoms with Gasteiger partial charge in [-0.2, -0.15) is 0 Å². The summed E-state index contributed by atoms with van der Waals surface area (Å²) in [5.41, 5.74) is 4.40. The SMILES string of the molecule is CC(=O)c1ccc(F)cc1-c1ccc(C)c(C)c1. The zero-order chi connectivity index (χ0) is 13.3. The van der Waals surface area contributed by atoms with E-state index in [-0.39, 0.29) is 11.6 Å². The van der Waals surface area contributed by atoms with Gasteiger partial charge in [0.25, 0.3) is 0 Å². The first-order valence-electron chi connectivity index (χ1n) is 5.87. The first-order chi connectivity index (χ1) is 8.49. The number of aryl methyl sites for hydroxylation is 2. The maximum absolute atomic E-state index is 13.4. The maximum Gasteiger partial charge on any atom is 0.160 e. The molecule has 0 N–H and O–H groups in total. The Morgan fingerprint density at radius 1 is 1.00 bits per heavy atom. The van der Waals surface area contributed by atoms with Crippen molar-refractivity contribution in [3.63, 3.8) is 0 Å². The second-order valence-corrected chi connectivity index (χ2v) is 4.55. The number of carbonyl (C=O) groups excluding carboxylic acids is 1. The summed E-state index contributed by atoms with van der Waals surface area (Å²) in [6.45, 7) is 5.53. The summed E-state index contributed by atoms with van der Waals surface area (Å²) in [6, 6.07) is 10.2. The quantitative estimate of drug-likeness (QED) is 0.717. The van der Waals surface area contributed by atoms with Crippen LogP contribution >= 0.6 is 0 Å². The van der Waals surface area contributed by atoms with Crippen LogP contribution in [-0.4, -0.2) is 5.78 Å². The van der Waals surface area contributed by atoms with Gasteiger partial charge in [0.1, 0.15) is 5.82 Å². The number of hydrogen-bond acceptors (Lipinski definition) is 1. The molecule has 0 unspecified atom stereocenters. The molecule has 0 aliphatic rings. The van der Waals surface area contributed by atoms with Crippen molar-refractivity contribution in [3.05, 3.63) is 58.9 Å². The van der Waals surface area contributed by atoms with E-state index in [1.807, 2.05) is 32.0 Å². The Morgan fingerprint density at radius 3 is 2.33 bits per heavy atom. The zero-order valence-electron chi connectivity index (χ0n) is 10.8. The number of halogens is 1. The third-order valence-corrected chi connectivity index (χ3v) is 3.18. The van der Waals surface area contributed by atoms with E-state index in [9.17, 15) is 9.18 Å². The van der Waals surface area contributed by atoms with E-state index in [2.05, 4.69) is 0 Å². The molecular weight excluding hydrogens is 227 g/mol.